The molecule has 1 N–H and O–H groups in total. The van der Waals surface area contributed by atoms with Crippen molar-refractivity contribution in [2.24, 2.45) is 5.10 Å². The van der Waals surface area contributed by atoms with Crippen LogP contribution in [-0.4, -0.2) is 16.7 Å². The van der Waals surface area contributed by atoms with Gasteiger partial charge in [0.25, 0.3) is 5.91 Å². The number of amides is 1. The minimum Gasteiger partial charge on any atom is -0.340 e. The van der Waals surface area contributed by atoms with Gasteiger partial charge in [-0.2, -0.15) is 5.10 Å². The molecule has 31 heavy (non-hydrogen) atoms. The van der Waals surface area contributed by atoms with Crippen LogP contribution in [0.2, 0.25) is 10.0 Å². The molecule has 6 heteroatoms. The lowest BCUT2D eigenvalue weighted by Gasteiger charge is -2.10. The van der Waals surface area contributed by atoms with Gasteiger partial charge < -0.3 is 4.57 Å². The van der Waals surface area contributed by atoms with Gasteiger partial charge in [-0.3, -0.25) is 4.79 Å². The summed E-state index contributed by atoms with van der Waals surface area (Å²) in [7, 11) is 0. The Labute approximate surface area is 191 Å². The van der Waals surface area contributed by atoms with Crippen LogP contribution in [0, 0.1) is 13.8 Å². The van der Waals surface area contributed by atoms with Gasteiger partial charge in [-0.05, 0) is 49.2 Å². The van der Waals surface area contributed by atoms with Crippen molar-refractivity contribution in [3.8, 4) is 0 Å². The van der Waals surface area contributed by atoms with Crippen LogP contribution < -0.4 is 5.43 Å². The number of hydrogen-bond acceptors (Lipinski definition) is 2. The monoisotopic (exact) mass is 449 g/mol. The standard InChI is InChI=1S/C25H21Cl2N3O/c1-16-7-3-4-8-20(16)25(31)29-28-14-22-17(2)30(24-10-6-5-9-21(22)24)15-18-11-12-19(26)13-23(18)27/h3-14H,15H2,1-2H3,(H,29,31)/b28-14+. The van der Waals surface area contributed by atoms with E-state index in [0.29, 0.717) is 22.2 Å². The molecule has 0 aliphatic heterocycles. The lowest BCUT2D eigenvalue weighted by Crippen LogP contribution is -2.18. The van der Waals surface area contributed by atoms with E-state index in [2.05, 4.69) is 21.2 Å². The average Bonchev–Trinajstić information content (AvgIpc) is 3.01. The maximum atomic E-state index is 12.5. The number of aromatic nitrogens is 1. The molecule has 0 fully saturated rings. The molecule has 0 bridgehead atoms. The fourth-order valence-electron chi connectivity index (χ4n) is 3.69. The van der Waals surface area contributed by atoms with Crippen molar-refractivity contribution in [3.63, 3.8) is 0 Å². The molecular formula is C25H21Cl2N3O. The number of aryl methyl sites for hydroxylation is 1. The highest BCUT2D eigenvalue weighted by molar-refractivity contribution is 6.35. The number of benzene rings is 3. The van der Waals surface area contributed by atoms with Crippen LogP contribution in [-0.2, 0) is 6.54 Å². The molecule has 4 rings (SSSR count). The van der Waals surface area contributed by atoms with Gasteiger partial charge in [-0.25, -0.2) is 5.43 Å². The lowest BCUT2D eigenvalue weighted by atomic mass is 10.1. The SMILES string of the molecule is Cc1ccccc1C(=O)N/N=C/c1c(C)n(Cc2ccc(Cl)cc2Cl)c2ccccc12. The predicted octanol–water partition coefficient (Wildman–Crippen LogP) is 6.38. The van der Waals surface area contributed by atoms with Gasteiger partial charge >= 0.3 is 0 Å². The van der Waals surface area contributed by atoms with Crippen molar-refractivity contribution in [2.75, 3.05) is 0 Å². The minimum atomic E-state index is -0.233. The summed E-state index contributed by atoms with van der Waals surface area (Å²) in [5.74, 6) is -0.233. The summed E-state index contributed by atoms with van der Waals surface area (Å²) in [5.41, 5.74) is 8.18. The Balaban J connectivity index is 1.66. The third-order valence-corrected chi connectivity index (χ3v) is 5.96. The van der Waals surface area contributed by atoms with E-state index in [4.69, 9.17) is 23.2 Å². The lowest BCUT2D eigenvalue weighted by molar-refractivity contribution is 0.0954. The predicted molar refractivity (Wildman–Crippen MR) is 128 cm³/mol. The zero-order valence-electron chi connectivity index (χ0n) is 17.2. The number of fused-ring (bicyclic) bond motifs is 1. The highest BCUT2D eigenvalue weighted by atomic mass is 35.5. The number of nitrogens with zero attached hydrogens (tertiary/aromatic N) is 2. The molecule has 0 radical (unpaired) electrons. The Bertz CT molecular complexity index is 1310. The van der Waals surface area contributed by atoms with Gasteiger partial charge in [0, 0.05) is 44.3 Å². The molecule has 4 aromatic rings. The molecule has 0 spiro atoms. The summed E-state index contributed by atoms with van der Waals surface area (Å²) < 4.78 is 2.19. The Morgan fingerprint density at radius 1 is 1.03 bits per heavy atom. The number of hydrazone groups is 1. The van der Waals surface area contributed by atoms with Crippen LogP contribution in [0.5, 0.6) is 0 Å². The van der Waals surface area contributed by atoms with E-state index in [-0.39, 0.29) is 5.91 Å². The maximum Gasteiger partial charge on any atom is 0.271 e. The number of carbonyl (C=O) groups is 1. The second kappa shape index (κ2) is 8.96. The number of para-hydroxylation sites is 1. The average molecular weight is 450 g/mol. The van der Waals surface area contributed by atoms with Crippen molar-refractivity contribution in [1.82, 2.24) is 9.99 Å². The first-order chi connectivity index (χ1) is 15.0. The van der Waals surface area contributed by atoms with E-state index in [0.717, 1.165) is 33.3 Å². The van der Waals surface area contributed by atoms with Gasteiger partial charge in [0.15, 0.2) is 0 Å². The van der Waals surface area contributed by atoms with Crippen LogP contribution in [0.15, 0.2) is 71.8 Å². The maximum absolute atomic E-state index is 12.5. The van der Waals surface area contributed by atoms with Crippen molar-refractivity contribution >= 4 is 46.2 Å². The van der Waals surface area contributed by atoms with E-state index in [1.165, 1.54) is 0 Å². The molecule has 1 aromatic heterocycles. The molecule has 0 saturated carbocycles. The Morgan fingerprint density at radius 3 is 2.55 bits per heavy atom. The van der Waals surface area contributed by atoms with Gasteiger partial charge in [0.2, 0.25) is 0 Å². The molecule has 0 aliphatic carbocycles. The van der Waals surface area contributed by atoms with E-state index in [9.17, 15) is 4.79 Å². The summed E-state index contributed by atoms with van der Waals surface area (Å²) in [6.45, 7) is 4.54. The van der Waals surface area contributed by atoms with Gasteiger partial charge in [0.1, 0.15) is 0 Å². The first-order valence-electron chi connectivity index (χ1n) is 9.86. The highest BCUT2D eigenvalue weighted by Crippen LogP contribution is 2.28. The molecule has 1 amide bonds. The zero-order chi connectivity index (χ0) is 22.0. The van der Waals surface area contributed by atoms with Crippen LogP contribution in [0.1, 0.15) is 32.7 Å². The van der Waals surface area contributed by atoms with Crippen molar-refractivity contribution in [2.45, 2.75) is 20.4 Å². The van der Waals surface area contributed by atoms with E-state index >= 15 is 0 Å². The summed E-state index contributed by atoms with van der Waals surface area (Å²) in [6, 6.07) is 21.1. The van der Waals surface area contributed by atoms with Crippen LogP contribution in [0.25, 0.3) is 10.9 Å². The molecule has 4 nitrogen and oxygen atoms in total. The van der Waals surface area contributed by atoms with Gasteiger partial charge in [-0.1, -0.05) is 65.7 Å². The minimum absolute atomic E-state index is 0.233. The summed E-state index contributed by atoms with van der Waals surface area (Å²) in [6.07, 6.45) is 1.70. The topological polar surface area (TPSA) is 46.4 Å². The van der Waals surface area contributed by atoms with Crippen molar-refractivity contribution < 1.29 is 4.79 Å². The normalized spacial score (nSPS) is 11.4. The molecule has 0 unspecified atom stereocenters. The number of nitrogens with one attached hydrogen (secondary N) is 1. The summed E-state index contributed by atoms with van der Waals surface area (Å²) in [4.78, 5) is 12.5. The van der Waals surface area contributed by atoms with E-state index in [1.54, 1.807) is 18.3 Å². The molecule has 0 aliphatic rings. The highest BCUT2D eigenvalue weighted by Gasteiger charge is 2.14. The molecule has 0 atom stereocenters. The fourth-order valence-corrected chi connectivity index (χ4v) is 4.16. The number of carbonyl (C=O) groups excluding carboxylic acids is 1. The Morgan fingerprint density at radius 2 is 1.77 bits per heavy atom. The molecule has 156 valence electrons. The second-order valence-corrected chi connectivity index (χ2v) is 8.20. The third kappa shape index (κ3) is 4.36. The summed E-state index contributed by atoms with van der Waals surface area (Å²) in [5, 5.41) is 6.53. The smallest absolute Gasteiger partial charge is 0.271 e. The molecular weight excluding hydrogens is 429 g/mol. The van der Waals surface area contributed by atoms with Gasteiger partial charge in [0.05, 0.1) is 6.21 Å². The molecule has 3 aromatic carbocycles. The van der Waals surface area contributed by atoms with E-state index in [1.807, 2.05) is 62.4 Å². The van der Waals surface area contributed by atoms with E-state index < -0.39 is 0 Å². The van der Waals surface area contributed by atoms with Gasteiger partial charge in [-0.15, -0.1) is 0 Å². The van der Waals surface area contributed by atoms with Crippen molar-refractivity contribution in [3.05, 3.63) is 105 Å². The first-order valence-corrected chi connectivity index (χ1v) is 10.6. The zero-order valence-corrected chi connectivity index (χ0v) is 18.7. The summed E-state index contributed by atoms with van der Waals surface area (Å²) >= 11 is 12.5. The Kier molecular flexibility index (Phi) is 6.12. The Hall–Kier alpha value is -3.08. The number of rotatable bonds is 5. The first kappa shape index (κ1) is 21.2. The second-order valence-electron chi connectivity index (χ2n) is 7.35. The number of hydrogen-bond donors (Lipinski definition) is 1. The largest absolute Gasteiger partial charge is 0.340 e. The van der Waals surface area contributed by atoms with Crippen LogP contribution in [0.4, 0.5) is 0 Å². The van der Waals surface area contributed by atoms with Crippen molar-refractivity contribution in [1.29, 1.82) is 0 Å². The molecule has 1 heterocycles. The quantitative estimate of drug-likeness (QED) is 0.279. The molecule has 0 saturated heterocycles. The fraction of sp³-hybridized carbons (Fsp3) is 0.120. The third-order valence-electron chi connectivity index (χ3n) is 5.37. The number of halogens is 2. The van der Waals surface area contributed by atoms with Crippen LogP contribution in [0.3, 0.4) is 0 Å². The van der Waals surface area contributed by atoms with Crippen LogP contribution >= 0.6 is 23.2 Å².